The van der Waals surface area contributed by atoms with Gasteiger partial charge in [-0.05, 0) is 37.5 Å². The number of hydrogen-bond donors (Lipinski definition) is 2. The minimum absolute atomic E-state index is 0. The summed E-state index contributed by atoms with van der Waals surface area (Å²) in [6.07, 6.45) is 2.23. The fourth-order valence-corrected chi connectivity index (χ4v) is 2.46. The van der Waals surface area contributed by atoms with Crippen molar-refractivity contribution in [3.8, 4) is 5.75 Å². The van der Waals surface area contributed by atoms with E-state index in [-0.39, 0.29) is 30.1 Å². The van der Waals surface area contributed by atoms with E-state index in [0.717, 1.165) is 63.0 Å². The Balaban J connectivity index is 0.00000312. The predicted molar refractivity (Wildman–Crippen MR) is 111 cm³/mol. The van der Waals surface area contributed by atoms with Crippen LogP contribution < -0.4 is 15.4 Å². The molecule has 7 heteroatoms. The summed E-state index contributed by atoms with van der Waals surface area (Å²) in [7, 11) is 1.67. The van der Waals surface area contributed by atoms with E-state index in [1.165, 1.54) is 0 Å². The zero-order chi connectivity index (χ0) is 17.0. The number of halogens is 1. The monoisotopic (exact) mass is 463 g/mol. The summed E-state index contributed by atoms with van der Waals surface area (Å²) in [6.45, 7) is 6.64. The summed E-state index contributed by atoms with van der Waals surface area (Å²) in [4.78, 5) is 4.61. The van der Waals surface area contributed by atoms with Crippen molar-refractivity contribution in [2.75, 3.05) is 40.0 Å². The van der Waals surface area contributed by atoms with Gasteiger partial charge in [-0.2, -0.15) is 0 Å². The smallest absolute Gasteiger partial charge is 0.191 e. The van der Waals surface area contributed by atoms with Crippen molar-refractivity contribution in [2.45, 2.75) is 32.4 Å². The Hall–Kier alpha value is -1.06. The molecule has 0 amide bonds. The van der Waals surface area contributed by atoms with E-state index in [4.69, 9.17) is 14.2 Å². The van der Waals surface area contributed by atoms with Gasteiger partial charge in [-0.1, -0.05) is 12.1 Å². The standard InChI is InChI=1S/C18H29N3O3.HI/c1-3-19-18(20-9-5-10-24-17-8-11-23-14-17)21-13-15-6-4-7-16(12-15)22-2;/h4,6-7,12,17H,3,5,8-11,13-14H2,1-2H3,(H2,19,20,21);1H. The van der Waals surface area contributed by atoms with Crippen molar-refractivity contribution in [3.05, 3.63) is 29.8 Å². The third-order valence-corrected chi connectivity index (χ3v) is 3.75. The van der Waals surface area contributed by atoms with E-state index in [9.17, 15) is 0 Å². The summed E-state index contributed by atoms with van der Waals surface area (Å²) in [5, 5.41) is 6.60. The molecule has 0 saturated carbocycles. The molecule has 2 N–H and O–H groups in total. The Kier molecular flexibility index (Phi) is 11.6. The van der Waals surface area contributed by atoms with Crippen molar-refractivity contribution >= 4 is 29.9 Å². The fourth-order valence-electron chi connectivity index (χ4n) is 2.46. The van der Waals surface area contributed by atoms with E-state index in [0.29, 0.717) is 6.54 Å². The van der Waals surface area contributed by atoms with Gasteiger partial charge < -0.3 is 24.8 Å². The highest BCUT2D eigenvalue weighted by atomic mass is 127. The van der Waals surface area contributed by atoms with Crippen molar-refractivity contribution in [1.82, 2.24) is 10.6 Å². The van der Waals surface area contributed by atoms with Gasteiger partial charge >= 0.3 is 0 Å². The minimum atomic E-state index is 0. The molecule has 0 radical (unpaired) electrons. The molecule has 0 aromatic heterocycles. The summed E-state index contributed by atoms with van der Waals surface area (Å²) < 4.78 is 16.3. The Morgan fingerprint density at radius 1 is 1.36 bits per heavy atom. The summed E-state index contributed by atoms with van der Waals surface area (Å²) in [5.41, 5.74) is 1.12. The normalized spacial score (nSPS) is 17.0. The van der Waals surface area contributed by atoms with Gasteiger partial charge in [-0.3, -0.25) is 0 Å². The van der Waals surface area contributed by atoms with Crippen molar-refractivity contribution in [2.24, 2.45) is 4.99 Å². The SMILES string of the molecule is CCNC(=NCc1cccc(OC)c1)NCCCOC1CCOC1.I. The lowest BCUT2D eigenvalue weighted by Crippen LogP contribution is -2.38. The van der Waals surface area contributed by atoms with Gasteiger partial charge in [0.1, 0.15) is 5.75 Å². The number of rotatable bonds is 9. The molecule has 1 aromatic carbocycles. The Morgan fingerprint density at radius 2 is 2.24 bits per heavy atom. The molecule has 1 heterocycles. The molecule has 25 heavy (non-hydrogen) atoms. The first-order valence-electron chi connectivity index (χ1n) is 8.66. The quantitative estimate of drug-likeness (QED) is 0.255. The fraction of sp³-hybridized carbons (Fsp3) is 0.611. The van der Waals surface area contributed by atoms with Gasteiger partial charge in [0.25, 0.3) is 0 Å². The first kappa shape index (κ1) is 22.0. The summed E-state index contributed by atoms with van der Waals surface area (Å²) in [6, 6.07) is 7.97. The van der Waals surface area contributed by atoms with E-state index < -0.39 is 0 Å². The summed E-state index contributed by atoms with van der Waals surface area (Å²) in [5.74, 6) is 1.68. The zero-order valence-electron chi connectivity index (χ0n) is 15.1. The molecule has 0 spiro atoms. The highest BCUT2D eigenvalue weighted by Gasteiger charge is 2.15. The van der Waals surface area contributed by atoms with Crippen LogP contribution in [-0.2, 0) is 16.0 Å². The van der Waals surface area contributed by atoms with Gasteiger partial charge in [0, 0.05) is 26.3 Å². The largest absolute Gasteiger partial charge is 0.497 e. The maximum absolute atomic E-state index is 5.76. The third-order valence-electron chi connectivity index (χ3n) is 3.75. The van der Waals surface area contributed by atoms with Crippen LogP contribution in [-0.4, -0.2) is 52.1 Å². The Labute approximate surface area is 167 Å². The molecule has 2 rings (SSSR count). The van der Waals surface area contributed by atoms with Crippen LogP contribution in [0.5, 0.6) is 5.75 Å². The maximum Gasteiger partial charge on any atom is 0.191 e. The number of methoxy groups -OCH3 is 1. The molecule has 6 nitrogen and oxygen atoms in total. The number of nitrogens with one attached hydrogen (secondary N) is 2. The number of ether oxygens (including phenoxy) is 3. The predicted octanol–water partition coefficient (Wildman–Crippen LogP) is 2.56. The van der Waals surface area contributed by atoms with Crippen LogP contribution in [0.4, 0.5) is 0 Å². The maximum atomic E-state index is 5.76. The van der Waals surface area contributed by atoms with Crippen molar-refractivity contribution < 1.29 is 14.2 Å². The van der Waals surface area contributed by atoms with Gasteiger partial charge in [0.2, 0.25) is 0 Å². The molecule has 1 fully saturated rings. The average molecular weight is 463 g/mol. The van der Waals surface area contributed by atoms with Gasteiger partial charge in [-0.15, -0.1) is 24.0 Å². The zero-order valence-corrected chi connectivity index (χ0v) is 17.5. The molecule has 1 aliphatic heterocycles. The van der Waals surface area contributed by atoms with E-state index in [1.807, 2.05) is 24.3 Å². The molecule has 1 aliphatic rings. The van der Waals surface area contributed by atoms with Crippen molar-refractivity contribution in [3.63, 3.8) is 0 Å². The lowest BCUT2D eigenvalue weighted by Gasteiger charge is -2.13. The highest BCUT2D eigenvalue weighted by molar-refractivity contribution is 14.0. The second-order valence-electron chi connectivity index (χ2n) is 5.68. The first-order valence-corrected chi connectivity index (χ1v) is 8.66. The highest BCUT2D eigenvalue weighted by Crippen LogP contribution is 2.13. The van der Waals surface area contributed by atoms with E-state index in [1.54, 1.807) is 7.11 Å². The molecular weight excluding hydrogens is 433 g/mol. The van der Waals surface area contributed by atoms with Crippen LogP contribution in [0.1, 0.15) is 25.3 Å². The molecular formula is C18H30IN3O3. The van der Waals surface area contributed by atoms with Gasteiger partial charge in [0.05, 0.1) is 26.4 Å². The number of benzene rings is 1. The molecule has 1 aromatic rings. The van der Waals surface area contributed by atoms with Crippen LogP contribution >= 0.6 is 24.0 Å². The molecule has 1 saturated heterocycles. The Bertz CT molecular complexity index is 508. The number of aliphatic imine (C=N–C) groups is 1. The molecule has 0 aliphatic carbocycles. The lowest BCUT2D eigenvalue weighted by molar-refractivity contribution is 0.0420. The molecule has 1 unspecified atom stereocenters. The Morgan fingerprint density at radius 3 is 2.96 bits per heavy atom. The van der Waals surface area contributed by atoms with Crippen LogP contribution in [0.25, 0.3) is 0 Å². The van der Waals surface area contributed by atoms with Crippen molar-refractivity contribution in [1.29, 1.82) is 0 Å². The third kappa shape index (κ3) is 8.73. The molecule has 142 valence electrons. The van der Waals surface area contributed by atoms with Crippen LogP contribution in [0.15, 0.2) is 29.3 Å². The lowest BCUT2D eigenvalue weighted by atomic mass is 10.2. The topological polar surface area (TPSA) is 64.1 Å². The van der Waals surface area contributed by atoms with Crippen LogP contribution in [0.2, 0.25) is 0 Å². The second-order valence-corrected chi connectivity index (χ2v) is 5.68. The van der Waals surface area contributed by atoms with Gasteiger partial charge in [0.15, 0.2) is 5.96 Å². The minimum Gasteiger partial charge on any atom is -0.497 e. The summed E-state index contributed by atoms with van der Waals surface area (Å²) >= 11 is 0. The van der Waals surface area contributed by atoms with Crippen LogP contribution in [0.3, 0.4) is 0 Å². The number of nitrogens with zero attached hydrogens (tertiary/aromatic N) is 1. The van der Waals surface area contributed by atoms with Gasteiger partial charge in [-0.25, -0.2) is 4.99 Å². The molecule has 0 bridgehead atoms. The van der Waals surface area contributed by atoms with E-state index in [2.05, 4.69) is 22.5 Å². The number of guanidine groups is 1. The molecule has 1 atom stereocenters. The van der Waals surface area contributed by atoms with Crippen LogP contribution in [0, 0.1) is 0 Å². The van der Waals surface area contributed by atoms with E-state index >= 15 is 0 Å². The average Bonchev–Trinajstić information content (AvgIpc) is 3.13. The second kappa shape index (κ2) is 13.2. The first-order chi connectivity index (χ1) is 11.8. The number of hydrogen-bond acceptors (Lipinski definition) is 4.